The van der Waals surface area contributed by atoms with Gasteiger partial charge in [0.1, 0.15) is 11.5 Å². The monoisotopic (exact) mass is 352 g/mol. The lowest BCUT2D eigenvalue weighted by atomic mass is 10.1. The minimum absolute atomic E-state index is 0.0103. The van der Waals surface area contributed by atoms with Gasteiger partial charge in [-0.1, -0.05) is 23.4 Å². The van der Waals surface area contributed by atoms with E-state index in [1.54, 1.807) is 22.5 Å². The van der Waals surface area contributed by atoms with Gasteiger partial charge >= 0.3 is 0 Å². The van der Waals surface area contributed by atoms with Crippen molar-refractivity contribution in [2.45, 2.75) is 19.5 Å². The van der Waals surface area contributed by atoms with Crippen LogP contribution in [0.15, 0.2) is 69.1 Å². The summed E-state index contributed by atoms with van der Waals surface area (Å²) in [6.45, 7) is 0.979. The number of carbonyl (C=O) groups excluding carboxylic acids is 1. The zero-order valence-corrected chi connectivity index (χ0v) is 14.2. The van der Waals surface area contributed by atoms with Gasteiger partial charge < -0.3 is 13.8 Å². The summed E-state index contributed by atoms with van der Waals surface area (Å²) in [5, 5.41) is 6.96. The molecule has 4 rings (SSSR count). The molecule has 6 heteroatoms. The SMILES string of the molecule is O=C(Cc1noc2ccccc12)N(Cc1ccco1)Cc1cccs1. The fourth-order valence-corrected chi connectivity index (χ4v) is 3.45. The molecule has 0 bridgehead atoms. The number of thiophene rings is 1. The summed E-state index contributed by atoms with van der Waals surface area (Å²) in [5.41, 5.74) is 1.36. The van der Waals surface area contributed by atoms with E-state index in [0.717, 1.165) is 16.0 Å². The molecule has 1 aromatic carbocycles. The fraction of sp³-hybridized carbons (Fsp3) is 0.158. The van der Waals surface area contributed by atoms with Crippen LogP contribution in [0.4, 0.5) is 0 Å². The van der Waals surface area contributed by atoms with Crippen LogP contribution in [0, 0.1) is 0 Å². The quantitative estimate of drug-likeness (QED) is 0.520. The molecule has 0 radical (unpaired) electrons. The topological polar surface area (TPSA) is 59.5 Å². The highest BCUT2D eigenvalue weighted by Crippen LogP contribution is 2.20. The molecular weight excluding hydrogens is 336 g/mol. The molecule has 5 nitrogen and oxygen atoms in total. The Kier molecular flexibility index (Phi) is 4.35. The third kappa shape index (κ3) is 3.49. The van der Waals surface area contributed by atoms with Crippen molar-refractivity contribution < 1.29 is 13.7 Å². The normalized spacial score (nSPS) is 11.0. The molecule has 0 spiro atoms. The number of para-hydroxylation sites is 1. The highest BCUT2D eigenvalue weighted by Gasteiger charge is 2.20. The summed E-state index contributed by atoms with van der Waals surface area (Å²) in [6, 6.07) is 15.3. The second kappa shape index (κ2) is 6.94. The zero-order chi connectivity index (χ0) is 17.1. The van der Waals surface area contributed by atoms with Crippen molar-refractivity contribution in [3.8, 4) is 0 Å². The molecule has 126 valence electrons. The third-order valence-corrected chi connectivity index (χ3v) is 4.84. The Morgan fingerprint density at radius 1 is 1.08 bits per heavy atom. The Hall–Kier alpha value is -2.86. The van der Waals surface area contributed by atoms with E-state index < -0.39 is 0 Å². The molecule has 4 aromatic rings. The van der Waals surface area contributed by atoms with Gasteiger partial charge in [-0.15, -0.1) is 11.3 Å². The molecule has 0 saturated heterocycles. The maximum absolute atomic E-state index is 12.9. The average Bonchev–Trinajstić information content (AvgIpc) is 3.37. The van der Waals surface area contributed by atoms with Gasteiger partial charge in [0.2, 0.25) is 5.91 Å². The lowest BCUT2D eigenvalue weighted by Crippen LogP contribution is -2.31. The second-order valence-electron chi connectivity index (χ2n) is 5.71. The predicted octanol–water partition coefficient (Wildman–Crippen LogP) is 4.25. The molecule has 0 atom stereocenters. The van der Waals surface area contributed by atoms with E-state index in [-0.39, 0.29) is 12.3 Å². The predicted molar refractivity (Wildman–Crippen MR) is 95.0 cm³/mol. The van der Waals surface area contributed by atoms with Crippen LogP contribution in [0.1, 0.15) is 16.3 Å². The van der Waals surface area contributed by atoms with Crippen molar-refractivity contribution >= 4 is 28.2 Å². The Morgan fingerprint density at radius 3 is 2.80 bits per heavy atom. The molecule has 0 aliphatic heterocycles. The summed E-state index contributed by atoms with van der Waals surface area (Å²) in [6.07, 6.45) is 1.82. The van der Waals surface area contributed by atoms with Crippen molar-refractivity contribution in [2.24, 2.45) is 0 Å². The fourth-order valence-electron chi connectivity index (χ4n) is 2.73. The van der Waals surface area contributed by atoms with Crippen molar-refractivity contribution in [1.29, 1.82) is 0 Å². The maximum Gasteiger partial charge on any atom is 0.229 e. The van der Waals surface area contributed by atoms with E-state index in [1.165, 1.54) is 0 Å². The minimum atomic E-state index is -0.0103. The van der Waals surface area contributed by atoms with Crippen LogP contribution in [0.25, 0.3) is 11.0 Å². The number of rotatable bonds is 6. The lowest BCUT2D eigenvalue weighted by molar-refractivity contribution is -0.132. The third-order valence-electron chi connectivity index (χ3n) is 3.98. The first-order valence-electron chi connectivity index (χ1n) is 7.95. The van der Waals surface area contributed by atoms with Gasteiger partial charge in [0, 0.05) is 10.3 Å². The molecule has 0 fully saturated rings. The Labute approximate surface area is 148 Å². The van der Waals surface area contributed by atoms with Gasteiger partial charge in [0.05, 0.1) is 25.8 Å². The molecule has 1 amide bonds. The molecule has 25 heavy (non-hydrogen) atoms. The Morgan fingerprint density at radius 2 is 2.00 bits per heavy atom. The van der Waals surface area contributed by atoms with Crippen molar-refractivity contribution in [3.05, 3.63) is 76.5 Å². The van der Waals surface area contributed by atoms with Crippen LogP contribution >= 0.6 is 11.3 Å². The van der Waals surface area contributed by atoms with Gasteiger partial charge in [0.15, 0.2) is 5.58 Å². The Balaban J connectivity index is 1.56. The van der Waals surface area contributed by atoms with E-state index in [0.29, 0.717) is 24.4 Å². The first kappa shape index (κ1) is 15.7. The maximum atomic E-state index is 12.9. The van der Waals surface area contributed by atoms with Crippen LogP contribution in [-0.4, -0.2) is 16.0 Å². The molecule has 3 heterocycles. The molecule has 3 aromatic heterocycles. The Bertz CT molecular complexity index is 922. The number of benzene rings is 1. The lowest BCUT2D eigenvalue weighted by Gasteiger charge is -2.20. The number of fused-ring (bicyclic) bond motifs is 1. The number of nitrogens with zero attached hydrogens (tertiary/aromatic N) is 2. The van der Waals surface area contributed by atoms with Crippen molar-refractivity contribution in [2.75, 3.05) is 0 Å². The van der Waals surface area contributed by atoms with Crippen LogP contribution < -0.4 is 0 Å². The summed E-state index contributed by atoms with van der Waals surface area (Å²) in [7, 11) is 0. The van der Waals surface area contributed by atoms with E-state index in [9.17, 15) is 4.79 Å². The number of hydrogen-bond donors (Lipinski definition) is 0. The van der Waals surface area contributed by atoms with Crippen molar-refractivity contribution in [1.82, 2.24) is 10.1 Å². The molecular formula is C19H16N2O3S. The van der Waals surface area contributed by atoms with E-state index >= 15 is 0 Å². The first-order chi connectivity index (χ1) is 12.3. The minimum Gasteiger partial charge on any atom is -0.467 e. The largest absolute Gasteiger partial charge is 0.467 e. The molecule has 0 unspecified atom stereocenters. The van der Waals surface area contributed by atoms with E-state index in [2.05, 4.69) is 5.16 Å². The van der Waals surface area contributed by atoms with Gasteiger partial charge in [0.25, 0.3) is 0 Å². The standard InChI is InChI=1S/C19H16N2O3S/c22-19(11-17-16-7-1-2-8-18(16)24-20-17)21(12-14-5-3-9-23-14)13-15-6-4-10-25-15/h1-10H,11-13H2. The highest BCUT2D eigenvalue weighted by atomic mass is 32.1. The number of carbonyl (C=O) groups is 1. The van der Waals surface area contributed by atoms with Crippen LogP contribution in [0.3, 0.4) is 0 Å². The van der Waals surface area contributed by atoms with E-state index in [4.69, 9.17) is 8.94 Å². The van der Waals surface area contributed by atoms with Crippen LogP contribution in [0.2, 0.25) is 0 Å². The summed E-state index contributed by atoms with van der Waals surface area (Å²) >= 11 is 1.63. The van der Waals surface area contributed by atoms with Gasteiger partial charge in [-0.05, 0) is 35.7 Å². The number of amides is 1. The molecule has 0 saturated carbocycles. The van der Waals surface area contributed by atoms with Crippen LogP contribution in [0.5, 0.6) is 0 Å². The summed E-state index contributed by atoms with van der Waals surface area (Å²) < 4.78 is 10.7. The number of furan rings is 1. The van der Waals surface area contributed by atoms with Gasteiger partial charge in [-0.3, -0.25) is 4.79 Å². The molecule has 0 aliphatic rings. The summed E-state index contributed by atoms with van der Waals surface area (Å²) in [5.74, 6) is 0.749. The average molecular weight is 352 g/mol. The zero-order valence-electron chi connectivity index (χ0n) is 13.4. The molecule has 0 aliphatic carbocycles. The van der Waals surface area contributed by atoms with Gasteiger partial charge in [-0.2, -0.15) is 0 Å². The molecule has 0 N–H and O–H groups in total. The van der Waals surface area contributed by atoms with E-state index in [1.807, 2.05) is 53.9 Å². The summed E-state index contributed by atoms with van der Waals surface area (Å²) in [4.78, 5) is 15.8. The first-order valence-corrected chi connectivity index (χ1v) is 8.83. The second-order valence-corrected chi connectivity index (χ2v) is 6.74. The van der Waals surface area contributed by atoms with Crippen molar-refractivity contribution in [3.63, 3.8) is 0 Å². The number of aromatic nitrogens is 1. The van der Waals surface area contributed by atoms with Crippen LogP contribution in [-0.2, 0) is 24.3 Å². The number of hydrogen-bond acceptors (Lipinski definition) is 5. The van der Waals surface area contributed by atoms with Gasteiger partial charge in [-0.25, -0.2) is 0 Å². The highest BCUT2D eigenvalue weighted by molar-refractivity contribution is 7.09. The smallest absolute Gasteiger partial charge is 0.229 e.